The highest BCUT2D eigenvalue weighted by atomic mass is 79.9. The predicted octanol–water partition coefficient (Wildman–Crippen LogP) is 6.46. The van der Waals surface area contributed by atoms with E-state index >= 15 is 0 Å². The van der Waals surface area contributed by atoms with Crippen molar-refractivity contribution in [2.24, 2.45) is 0 Å². The molecular formula is C18H19BrClF. The van der Waals surface area contributed by atoms with Crippen LogP contribution in [-0.2, 0) is 0 Å². The molecule has 0 aromatic heterocycles. The molecule has 1 unspecified atom stereocenters. The van der Waals surface area contributed by atoms with Crippen molar-refractivity contribution in [2.45, 2.75) is 40.0 Å². The fraction of sp³-hybridized carbons (Fsp3) is 0.333. The van der Waals surface area contributed by atoms with E-state index in [1.165, 1.54) is 22.8 Å². The van der Waals surface area contributed by atoms with Gasteiger partial charge in [0.1, 0.15) is 5.82 Å². The lowest BCUT2D eigenvalue weighted by molar-refractivity contribution is 0.611. The predicted molar refractivity (Wildman–Crippen MR) is 91.9 cm³/mol. The van der Waals surface area contributed by atoms with Crippen molar-refractivity contribution < 1.29 is 4.39 Å². The fourth-order valence-electron chi connectivity index (χ4n) is 2.77. The van der Waals surface area contributed by atoms with Crippen LogP contribution < -0.4 is 0 Å². The van der Waals surface area contributed by atoms with Gasteiger partial charge in [-0.1, -0.05) is 15.9 Å². The molecule has 2 rings (SSSR count). The minimum atomic E-state index is -0.486. The molecule has 21 heavy (non-hydrogen) atoms. The minimum Gasteiger partial charge on any atom is -0.207 e. The van der Waals surface area contributed by atoms with Crippen LogP contribution in [0.5, 0.6) is 0 Å². The number of halogens is 3. The maximum Gasteiger partial charge on any atom is 0.128 e. The molecule has 0 aliphatic rings. The van der Waals surface area contributed by atoms with Crippen molar-refractivity contribution in [3.8, 4) is 0 Å². The van der Waals surface area contributed by atoms with E-state index in [-0.39, 0.29) is 5.82 Å². The van der Waals surface area contributed by atoms with E-state index < -0.39 is 5.38 Å². The highest BCUT2D eigenvalue weighted by molar-refractivity contribution is 9.10. The van der Waals surface area contributed by atoms with Gasteiger partial charge in [0.25, 0.3) is 0 Å². The van der Waals surface area contributed by atoms with Gasteiger partial charge >= 0.3 is 0 Å². The molecule has 0 N–H and O–H groups in total. The highest BCUT2D eigenvalue weighted by Crippen LogP contribution is 2.39. The van der Waals surface area contributed by atoms with Gasteiger partial charge in [-0.25, -0.2) is 4.39 Å². The third kappa shape index (κ3) is 2.89. The van der Waals surface area contributed by atoms with E-state index in [1.54, 1.807) is 12.1 Å². The summed E-state index contributed by atoms with van der Waals surface area (Å²) in [6, 6.07) is 4.90. The Morgan fingerprint density at radius 1 is 0.905 bits per heavy atom. The Balaban J connectivity index is 2.69. The first-order valence-corrected chi connectivity index (χ1v) is 8.14. The van der Waals surface area contributed by atoms with E-state index in [9.17, 15) is 4.39 Å². The molecule has 0 aliphatic carbocycles. The average Bonchev–Trinajstić information content (AvgIpc) is 2.45. The maximum atomic E-state index is 14.1. The summed E-state index contributed by atoms with van der Waals surface area (Å²) in [5.41, 5.74) is 7.58. The van der Waals surface area contributed by atoms with Crippen LogP contribution in [0.4, 0.5) is 4.39 Å². The quantitative estimate of drug-likeness (QED) is 0.533. The zero-order chi connectivity index (χ0) is 15.9. The number of hydrogen-bond donors (Lipinski definition) is 0. The molecule has 2 aromatic rings. The molecule has 0 amide bonds. The van der Waals surface area contributed by atoms with Crippen LogP contribution in [0.15, 0.2) is 22.7 Å². The second-order valence-corrected chi connectivity index (χ2v) is 6.92. The summed E-state index contributed by atoms with van der Waals surface area (Å²) in [4.78, 5) is 0. The van der Waals surface area contributed by atoms with Gasteiger partial charge in [-0.05, 0) is 86.2 Å². The number of rotatable bonds is 2. The van der Waals surface area contributed by atoms with E-state index in [0.29, 0.717) is 5.56 Å². The van der Waals surface area contributed by atoms with E-state index in [0.717, 1.165) is 21.2 Å². The van der Waals surface area contributed by atoms with Crippen molar-refractivity contribution in [1.29, 1.82) is 0 Å². The largest absolute Gasteiger partial charge is 0.207 e. The monoisotopic (exact) mass is 368 g/mol. The van der Waals surface area contributed by atoms with Crippen LogP contribution in [0.1, 0.15) is 44.3 Å². The molecule has 0 spiro atoms. The van der Waals surface area contributed by atoms with Gasteiger partial charge in [0.05, 0.1) is 5.38 Å². The van der Waals surface area contributed by atoms with Crippen LogP contribution in [0.25, 0.3) is 0 Å². The first kappa shape index (κ1) is 16.5. The van der Waals surface area contributed by atoms with Crippen LogP contribution in [0.2, 0.25) is 0 Å². The molecule has 0 radical (unpaired) electrons. The molecular weight excluding hydrogens is 351 g/mol. The van der Waals surface area contributed by atoms with Crippen molar-refractivity contribution in [3.63, 3.8) is 0 Å². The summed E-state index contributed by atoms with van der Waals surface area (Å²) in [5.74, 6) is -0.270. The van der Waals surface area contributed by atoms with Gasteiger partial charge in [-0.2, -0.15) is 0 Å². The summed E-state index contributed by atoms with van der Waals surface area (Å²) in [7, 11) is 0. The molecule has 0 saturated heterocycles. The van der Waals surface area contributed by atoms with Crippen LogP contribution in [0.3, 0.4) is 0 Å². The third-order valence-electron chi connectivity index (χ3n) is 4.54. The van der Waals surface area contributed by atoms with Gasteiger partial charge in [0.15, 0.2) is 0 Å². The zero-order valence-corrected chi connectivity index (χ0v) is 15.3. The van der Waals surface area contributed by atoms with Crippen LogP contribution in [0, 0.1) is 40.4 Å². The van der Waals surface area contributed by atoms with Crippen molar-refractivity contribution in [1.82, 2.24) is 0 Å². The Morgan fingerprint density at radius 3 is 1.90 bits per heavy atom. The van der Waals surface area contributed by atoms with Crippen LogP contribution >= 0.6 is 27.5 Å². The standard InChI is InChI=1S/C18H19BrClF/c1-9-10(2)12(4)17(13(5)11(9)3)18(20)15-8-14(19)6-7-16(15)21/h6-8,18H,1-5H3. The lowest BCUT2D eigenvalue weighted by Gasteiger charge is -2.22. The summed E-state index contributed by atoms with van der Waals surface area (Å²) in [5, 5.41) is -0.486. The van der Waals surface area contributed by atoms with Crippen molar-refractivity contribution in [2.75, 3.05) is 0 Å². The number of benzene rings is 2. The lowest BCUT2D eigenvalue weighted by Crippen LogP contribution is -2.07. The zero-order valence-electron chi connectivity index (χ0n) is 12.9. The summed E-state index contributed by atoms with van der Waals surface area (Å²) in [6.45, 7) is 10.4. The normalized spacial score (nSPS) is 12.6. The fourth-order valence-corrected chi connectivity index (χ4v) is 3.65. The van der Waals surface area contributed by atoms with Gasteiger partial charge in [0, 0.05) is 10.0 Å². The molecule has 2 aromatic carbocycles. The Morgan fingerprint density at radius 2 is 1.38 bits per heavy atom. The lowest BCUT2D eigenvalue weighted by atomic mass is 9.86. The van der Waals surface area contributed by atoms with Crippen molar-refractivity contribution in [3.05, 3.63) is 67.4 Å². The Bertz CT molecular complexity index is 678. The Labute approximate surface area is 139 Å². The topological polar surface area (TPSA) is 0 Å². The molecule has 3 heteroatoms. The van der Waals surface area contributed by atoms with Crippen molar-refractivity contribution >= 4 is 27.5 Å². The Kier molecular flexibility index (Phi) is 4.79. The summed E-state index contributed by atoms with van der Waals surface area (Å²) < 4.78 is 15.0. The molecule has 0 saturated carbocycles. The minimum absolute atomic E-state index is 0.270. The molecule has 1 atom stereocenters. The molecule has 0 fully saturated rings. The smallest absolute Gasteiger partial charge is 0.128 e. The summed E-state index contributed by atoms with van der Waals surface area (Å²) in [6.07, 6.45) is 0. The van der Waals surface area contributed by atoms with Gasteiger partial charge < -0.3 is 0 Å². The maximum absolute atomic E-state index is 14.1. The second-order valence-electron chi connectivity index (χ2n) is 5.57. The van der Waals surface area contributed by atoms with Gasteiger partial charge in [-0.15, -0.1) is 11.6 Å². The summed E-state index contributed by atoms with van der Waals surface area (Å²) >= 11 is 10.0. The number of hydrogen-bond acceptors (Lipinski definition) is 0. The van der Waals surface area contributed by atoms with E-state index in [4.69, 9.17) is 11.6 Å². The van der Waals surface area contributed by atoms with Gasteiger partial charge in [0.2, 0.25) is 0 Å². The first-order chi connectivity index (χ1) is 9.75. The number of alkyl halides is 1. The third-order valence-corrected chi connectivity index (χ3v) is 5.49. The molecule has 0 nitrogen and oxygen atoms in total. The second kappa shape index (κ2) is 6.10. The van der Waals surface area contributed by atoms with Crippen LogP contribution in [-0.4, -0.2) is 0 Å². The average molecular weight is 370 g/mol. The SMILES string of the molecule is Cc1c(C)c(C)c(C(Cl)c2cc(Br)ccc2F)c(C)c1C. The molecule has 0 heterocycles. The highest BCUT2D eigenvalue weighted by Gasteiger charge is 2.22. The molecule has 0 bridgehead atoms. The Hall–Kier alpha value is -0.860. The van der Waals surface area contributed by atoms with E-state index in [2.05, 4.69) is 50.5 Å². The molecule has 112 valence electrons. The first-order valence-electron chi connectivity index (χ1n) is 6.91. The van der Waals surface area contributed by atoms with Gasteiger partial charge in [-0.3, -0.25) is 0 Å². The van der Waals surface area contributed by atoms with E-state index in [1.807, 2.05) is 0 Å². The molecule has 0 aliphatic heterocycles.